The number of nitro groups is 1. The summed E-state index contributed by atoms with van der Waals surface area (Å²) in [5, 5.41) is 13.0. The van der Waals surface area contributed by atoms with E-state index in [9.17, 15) is 23.7 Å². The first-order valence-corrected chi connectivity index (χ1v) is 6.00. The summed E-state index contributed by atoms with van der Waals surface area (Å²) in [7, 11) is 1.34. The normalized spacial score (nSPS) is 10.1. The second kappa shape index (κ2) is 6.17. The summed E-state index contributed by atoms with van der Waals surface area (Å²) < 4.78 is 31.4. The number of carbonyl (C=O) groups excluding carboxylic acids is 1. The van der Waals surface area contributed by atoms with Crippen LogP contribution in [0.1, 0.15) is 10.4 Å². The van der Waals surface area contributed by atoms with Gasteiger partial charge < -0.3 is 10.1 Å². The Balaban J connectivity index is 2.28. The molecule has 2 aromatic rings. The molecule has 2 rings (SSSR count). The summed E-state index contributed by atoms with van der Waals surface area (Å²) in [6.07, 6.45) is 0. The van der Waals surface area contributed by atoms with Crippen molar-refractivity contribution in [1.29, 1.82) is 0 Å². The molecule has 114 valence electrons. The maximum Gasteiger partial charge on any atom is 0.305 e. The zero-order chi connectivity index (χ0) is 16.3. The number of nitrogens with zero attached hydrogens (tertiary/aromatic N) is 1. The van der Waals surface area contributed by atoms with E-state index in [1.807, 2.05) is 0 Å². The van der Waals surface area contributed by atoms with Crippen LogP contribution in [0, 0.1) is 21.7 Å². The molecular formula is C14H10F2N2O4. The van der Waals surface area contributed by atoms with E-state index in [2.05, 4.69) is 5.32 Å². The highest BCUT2D eigenvalue weighted by Gasteiger charge is 2.17. The fourth-order valence-corrected chi connectivity index (χ4v) is 1.75. The Morgan fingerprint density at radius 2 is 1.95 bits per heavy atom. The van der Waals surface area contributed by atoms with E-state index < -0.39 is 28.2 Å². The minimum Gasteiger partial charge on any atom is -0.497 e. The topological polar surface area (TPSA) is 81.5 Å². The van der Waals surface area contributed by atoms with E-state index >= 15 is 0 Å². The number of carbonyl (C=O) groups is 1. The van der Waals surface area contributed by atoms with Crippen molar-refractivity contribution in [3.8, 4) is 5.75 Å². The first-order valence-electron chi connectivity index (χ1n) is 6.00. The minimum atomic E-state index is -1.05. The average Bonchev–Trinajstić information content (AvgIpc) is 2.46. The molecule has 1 N–H and O–H groups in total. The van der Waals surface area contributed by atoms with E-state index in [0.29, 0.717) is 0 Å². The summed E-state index contributed by atoms with van der Waals surface area (Å²) in [6.45, 7) is 0. The molecule has 8 heteroatoms. The van der Waals surface area contributed by atoms with Crippen molar-refractivity contribution in [3.63, 3.8) is 0 Å². The van der Waals surface area contributed by atoms with Gasteiger partial charge in [-0.3, -0.25) is 14.9 Å². The smallest absolute Gasteiger partial charge is 0.305 e. The van der Waals surface area contributed by atoms with E-state index in [1.54, 1.807) is 0 Å². The second-order valence-electron chi connectivity index (χ2n) is 4.26. The van der Waals surface area contributed by atoms with Gasteiger partial charge in [0, 0.05) is 29.4 Å². The van der Waals surface area contributed by atoms with Gasteiger partial charge in [-0.2, -0.15) is 4.39 Å². The van der Waals surface area contributed by atoms with Gasteiger partial charge in [-0.15, -0.1) is 0 Å². The van der Waals surface area contributed by atoms with Gasteiger partial charge in [0.15, 0.2) is 0 Å². The molecule has 0 unspecified atom stereocenters. The number of hydrogen-bond donors (Lipinski definition) is 1. The monoisotopic (exact) mass is 308 g/mol. The first kappa shape index (κ1) is 15.4. The molecule has 6 nitrogen and oxygen atoms in total. The molecule has 0 spiro atoms. The maximum atomic E-state index is 13.3. The van der Waals surface area contributed by atoms with Crippen LogP contribution >= 0.6 is 0 Å². The zero-order valence-electron chi connectivity index (χ0n) is 11.3. The molecule has 0 heterocycles. The predicted molar refractivity (Wildman–Crippen MR) is 74.0 cm³/mol. The number of nitrogens with one attached hydrogen (secondary N) is 1. The van der Waals surface area contributed by atoms with Crippen LogP contribution in [-0.4, -0.2) is 17.9 Å². The number of nitro benzene ring substituents is 1. The van der Waals surface area contributed by atoms with Gasteiger partial charge >= 0.3 is 5.69 Å². The van der Waals surface area contributed by atoms with Crippen molar-refractivity contribution >= 4 is 17.3 Å². The van der Waals surface area contributed by atoms with Crippen LogP contribution in [0.3, 0.4) is 0 Å². The molecule has 0 fully saturated rings. The standard InChI is InChI=1S/C14H10F2N2O4/c1-22-11-6-9(15)5-10(7-11)17-14(19)8-2-3-12(16)13(4-8)18(20)21/h2-7H,1H3,(H,17,19). The number of methoxy groups -OCH3 is 1. The van der Waals surface area contributed by atoms with Crippen LogP contribution in [0.5, 0.6) is 5.75 Å². The largest absolute Gasteiger partial charge is 0.497 e. The molecule has 0 bridgehead atoms. The number of halogens is 2. The summed E-state index contributed by atoms with van der Waals surface area (Å²) >= 11 is 0. The van der Waals surface area contributed by atoms with E-state index in [4.69, 9.17) is 4.74 Å². The Hall–Kier alpha value is -3.03. The molecule has 0 saturated heterocycles. The van der Waals surface area contributed by atoms with Crippen molar-refractivity contribution < 1.29 is 23.2 Å². The molecule has 0 aliphatic carbocycles. The molecule has 0 saturated carbocycles. The average molecular weight is 308 g/mol. The Morgan fingerprint density at radius 3 is 2.59 bits per heavy atom. The molecule has 1 amide bonds. The van der Waals surface area contributed by atoms with E-state index in [1.165, 1.54) is 13.2 Å². The van der Waals surface area contributed by atoms with Crippen LogP contribution in [0.25, 0.3) is 0 Å². The van der Waals surface area contributed by atoms with E-state index in [0.717, 1.165) is 30.3 Å². The highest BCUT2D eigenvalue weighted by atomic mass is 19.1. The van der Waals surface area contributed by atoms with Gasteiger partial charge in [-0.1, -0.05) is 0 Å². The Bertz CT molecular complexity index is 750. The van der Waals surface area contributed by atoms with Gasteiger partial charge in [0.25, 0.3) is 5.91 Å². The molecular weight excluding hydrogens is 298 g/mol. The molecule has 2 aromatic carbocycles. The lowest BCUT2D eigenvalue weighted by Crippen LogP contribution is -2.12. The van der Waals surface area contributed by atoms with Crippen LogP contribution in [0.15, 0.2) is 36.4 Å². The second-order valence-corrected chi connectivity index (χ2v) is 4.26. The number of amides is 1. The zero-order valence-corrected chi connectivity index (χ0v) is 11.3. The van der Waals surface area contributed by atoms with Crippen LogP contribution in [0.2, 0.25) is 0 Å². The van der Waals surface area contributed by atoms with Crippen LogP contribution in [0.4, 0.5) is 20.2 Å². The van der Waals surface area contributed by atoms with Gasteiger partial charge in [-0.25, -0.2) is 4.39 Å². The SMILES string of the molecule is COc1cc(F)cc(NC(=O)c2ccc(F)c([N+](=O)[O-])c2)c1. The molecule has 0 aliphatic heterocycles. The Morgan fingerprint density at radius 1 is 1.23 bits per heavy atom. The highest BCUT2D eigenvalue weighted by Crippen LogP contribution is 2.22. The number of anilines is 1. The van der Waals surface area contributed by atoms with Gasteiger partial charge in [0.2, 0.25) is 5.82 Å². The summed E-state index contributed by atoms with van der Waals surface area (Å²) in [6, 6.07) is 6.27. The Kier molecular flexibility index (Phi) is 4.31. The number of rotatable bonds is 4. The van der Waals surface area contributed by atoms with Gasteiger partial charge in [0.1, 0.15) is 11.6 Å². The minimum absolute atomic E-state index is 0.105. The molecule has 0 aromatic heterocycles. The lowest BCUT2D eigenvalue weighted by Gasteiger charge is -2.08. The van der Waals surface area contributed by atoms with Crippen LogP contribution < -0.4 is 10.1 Å². The summed E-state index contributed by atoms with van der Waals surface area (Å²) in [5.74, 6) is -2.22. The molecule has 0 aliphatic rings. The lowest BCUT2D eigenvalue weighted by molar-refractivity contribution is -0.387. The molecule has 22 heavy (non-hydrogen) atoms. The van der Waals surface area contributed by atoms with Crippen molar-refractivity contribution in [1.82, 2.24) is 0 Å². The Labute approximate surface area is 123 Å². The third kappa shape index (κ3) is 3.35. The third-order valence-corrected chi connectivity index (χ3v) is 2.77. The van der Waals surface area contributed by atoms with E-state index in [-0.39, 0.29) is 17.0 Å². The molecule has 0 atom stereocenters. The number of hydrogen-bond acceptors (Lipinski definition) is 4. The summed E-state index contributed by atoms with van der Waals surface area (Å²) in [4.78, 5) is 21.7. The number of benzene rings is 2. The predicted octanol–water partition coefficient (Wildman–Crippen LogP) is 3.13. The number of ether oxygens (including phenoxy) is 1. The van der Waals surface area contributed by atoms with Crippen molar-refractivity contribution in [2.24, 2.45) is 0 Å². The molecule has 0 radical (unpaired) electrons. The third-order valence-electron chi connectivity index (χ3n) is 2.77. The van der Waals surface area contributed by atoms with Crippen molar-refractivity contribution in [3.05, 3.63) is 63.7 Å². The van der Waals surface area contributed by atoms with Crippen LogP contribution in [-0.2, 0) is 0 Å². The van der Waals surface area contributed by atoms with Gasteiger partial charge in [0.05, 0.1) is 12.0 Å². The first-order chi connectivity index (χ1) is 10.4. The van der Waals surface area contributed by atoms with Gasteiger partial charge in [-0.05, 0) is 18.2 Å². The summed E-state index contributed by atoms with van der Waals surface area (Å²) in [5.41, 5.74) is -0.838. The van der Waals surface area contributed by atoms with Crippen molar-refractivity contribution in [2.75, 3.05) is 12.4 Å². The lowest BCUT2D eigenvalue weighted by atomic mass is 10.1. The fraction of sp³-hybridized carbons (Fsp3) is 0.0714. The van der Waals surface area contributed by atoms with Crippen molar-refractivity contribution in [2.45, 2.75) is 0 Å². The maximum absolute atomic E-state index is 13.3. The highest BCUT2D eigenvalue weighted by molar-refractivity contribution is 6.04. The fourth-order valence-electron chi connectivity index (χ4n) is 1.75. The quantitative estimate of drug-likeness (QED) is 0.695.